The van der Waals surface area contributed by atoms with Gasteiger partial charge in [0.05, 0.1) is 4.90 Å². The summed E-state index contributed by atoms with van der Waals surface area (Å²) >= 11 is 5.61. The fraction of sp³-hybridized carbons (Fsp3) is 0.538. The minimum Gasteiger partial charge on any atom is -0.211 e. The van der Waals surface area contributed by atoms with E-state index in [0.717, 1.165) is 25.0 Å². The first-order valence-electron chi connectivity index (χ1n) is 6.19. The lowest BCUT2D eigenvalue weighted by atomic mass is 9.88. The number of sulfonamides is 1. The first kappa shape index (κ1) is 17.3. The van der Waals surface area contributed by atoms with E-state index < -0.39 is 21.7 Å². The number of rotatable bonds is 7. The van der Waals surface area contributed by atoms with E-state index in [1.54, 1.807) is 0 Å². The van der Waals surface area contributed by atoms with Gasteiger partial charge < -0.3 is 0 Å². The summed E-state index contributed by atoms with van der Waals surface area (Å²) in [6.07, 6.45) is 1.54. The highest BCUT2D eigenvalue weighted by Gasteiger charge is 2.22. The van der Waals surface area contributed by atoms with Crippen LogP contribution >= 0.6 is 11.6 Å². The Morgan fingerprint density at radius 3 is 2.45 bits per heavy atom. The second-order valence-electron chi connectivity index (χ2n) is 5.36. The van der Waals surface area contributed by atoms with Crippen LogP contribution < -0.4 is 4.72 Å². The molecule has 0 fully saturated rings. The highest BCUT2D eigenvalue weighted by molar-refractivity contribution is 7.89. The monoisotopic (exact) mass is 325 g/mol. The molecule has 20 heavy (non-hydrogen) atoms. The Morgan fingerprint density at radius 1 is 1.25 bits per heavy atom. The van der Waals surface area contributed by atoms with E-state index in [-0.39, 0.29) is 16.9 Å². The first-order chi connectivity index (χ1) is 9.18. The molecule has 0 aliphatic heterocycles. The van der Waals surface area contributed by atoms with Gasteiger partial charge in [0.1, 0.15) is 0 Å². The van der Waals surface area contributed by atoms with Crippen molar-refractivity contribution in [3.8, 4) is 0 Å². The van der Waals surface area contributed by atoms with Gasteiger partial charge in [0, 0.05) is 12.4 Å². The predicted octanol–water partition coefficient (Wildman–Crippen LogP) is 3.29. The molecule has 0 amide bonds. The van der Waals surface area contributed by atoms with Gasteiger partial charge in [0.2, 0.25) is 10.0 Å². The summed E-state index contributed by atoms with van der Waals surface area (Å²) in [5.41, 5.74) is -0.263. The lowest BCUT2D eigenvalue weighted by Crippen LogP contribution is -2.34. The quantitative estimate of drug-likeness (QED) is 0.782. The van der Waals surface area contributed by atoms with Crippen molar-refractivity contribution in [1.29, 1.82) is 0 Å². The van der Waals surface area contributed by atoms with E-state index in [1.807, 2.05) is 13.8 Å². The SMILES string of the molecule is CC(C)(CCCCl)CNS(=O)(=O)c1ccc(F)c(F)c1. The summed E-state index contributed by atoms with van der Waals surface area (Å²) in [6, 6.07) is 2.50. The highest BCUT2D eigenvalue weighted by atomic mass is 35.5. The second kappa shape index (κ2) is 6.83. The lowest BCUT2D eigenvalue weighted by molar-refractivity contribution is 0.331. The molecule has 0 saturated heterocycles. The van der Waals surface area contributed by atoms with Crippen LogP contribution in [0.25, 0.3) is 0 Å². The molecule has 3 nitrogen and oxygen atoms in total. The molecule has 1 aromatic carbocycles. The Hall–Kier alpha value is -0.720. The van der Waals surface area contributed by atoms with Crippen LogP contribution in [0.2, 0.25) is 0 Å². The summed E-state index contributed by atoms with van der Waals surface area (Å²) < 4.78 is 52.3. The molecule has 0 atom stereocenters. The molecule has 1 rings (SSSR count). The van der Waals surface area contributed by atoms with Gasteiger partial charge in [-0.05, 0) is 36.5 Å². The van der Waals surface area contributed by atoms with Gasteiger partial charge >= 0.3 is 0 Å². The number of hydrogen-bond acceptors (Lipinski definition) is 2. The Morgan fingerprint density at radius 2 is 1.90 bits per heavy atom. The Labute approximate surface area is 123 Å². The van der Waals surface area contributed by atoms with Crippen molar-refractivity contribution in [1.82, 2.24) is 4.72 Å². The van der Waals surface area contributed by atoms with E-state index in [2.05, 4.69) is 4.72 Å². The maximum Gasteiger partial charge on any atom is 0.240 e. The molecule has 1 aromatic rings. The molecule has 7 heteroatoms. The van der Waals surface area contributed by atoms with Crippen LogP contribution in [0.5, 0.6) is 0 Å². The van der Waals surface area contributed by atoms with Gasteiger partial charge in [-0.25, -0.2) is 21.9 Å². The van der Waals surface area contributed by atoms with E-state index in [4.69, 9.17) is 11.6 Å². The second-order valence-corrected chi connectivity index (χ2v) is 7.50. The van der Waals surface area contributed by atoms with Crippen molar-refractivity contribution in [3.05, 3.63) is 29.8 Å². The van der Waals surface area contributed by atoms with Crippen molar-refractivity contribution in [3.63, 3.8) is 0 Å². The summed E-state index contributed by atoms with van der Waals surface area (Å²) in [6.45, 7) is 4.02. The summed E-state index contributed by atoms with van der Waals surface area (Å²) in [7, 11) is -3.85. The lowest BCUT2D eigenvalue weighted by Gasteiger charge is -2.24. The number of benzene rings is 1. The summed E-state index contributed by atoms with van der Waals surface area (Å²) in [4.78, 5) is -0.287. The predicted molar refractivity (Wildman–Crippen MR) is 75.3 cm³/mol. The van der Waals surface area contributed by atoms with Gasteiger partial charge in [0.15, 0.2) is 11.6 Å². The average molecular weight is 326 g/mol. The van der Waals surface area contributed by atoms with Gasteiger partial charge in [-0.2, -0.15) is 0 Å². The molecule has 0 aromatic heterocycles. The molecule has 0 radical (unpaired) electrons. The zero-order valence-corrected chi connectivity index (χ0v) is 13.0. The molecule has 0 bridgehead atoms. The molecule has 114 valence electrons. The third-order valence-corrected chi connectivity index (χ3v) is 4.60. The first-order valence-corrected chi connectivity index (χ1v) is 8.20. The van der Waals surface area contributed by atoms with Gasteiger partial charge in [-0.15, -0.1) is 11.6 Å². The van der Waals surface area contributed by atoms with E-state index >= 15 is 0 Å². The zero-order chi connectivity index (χ0) is 15.4. The van der Waals surface area contributed by atoms with Crippen molar-refractivity contribution in [2.45, 2.75) is 31.6 Å². The van der Waals surface area contributed by atoms with Crippen molar-refractivity contribution < 1.29 is 17.2 Å². The largest absolute Gasteiger partial charge is 0.240 e. The Kier molecular flexibility index (Phi) is 5.91. The van der Waals surface area contributed by atoms with E-state index in [1.165, 1.54) is 0 Å². The Bertz CT molecular complexity index is 561. The van der Waals surface area contributed by atoms with Crippen LogP contribution in [0.15, 0.2) is 23.1 Å². The minimum absolute atomic E-state index is 0.200. The topological polar surface area (TPSA) is 46.2 Å². The van der Waals surface area contributed by atoms with Crippen LogP contribution in [-0.4, -0.2) is 20.8 Å². The van der Waals surface area contributed by atoms with Crippen LogP contribution in [0.3, 0.4) is 0 Å². The van der Waals surface area contributed by atoms with E-state index in [9.17, 15) is 17.2 Å². The van der Waals surface area contributed by atoms with Gasteiger partial charge in [-0.1, -0.05) is 13.8 Å². The standard InChI is InChI=1S/C13H18ClF2NO2S/c1-13(2,6-3-7-14)9-17-20(18,19)10-4-5-11(15)12(16)8-10/h4-5,8,17H,3,6-7,9H2,1-2H3. The maximum absolute atomic E-state index is 13.1. The molecular weight excluding hydrogens is 308 g/mol. The molecule has 0 unspecified atom stereocenters. The summed E-state index contributed by atoms with van der Waals surface area (Å²) in [5.74, 6) is -1.75. The Balaban J connectivity index is 2.77. The fourth-order valence-corrected chi connectivity index (χ4v) is 3.04. The smallest absolute Gasteiger partial charge is 0.211 e. The van der Waals surface area contributed by atoms with E-state index in [0.29, 0.717) is 11.9 Å². The van der Waals surface area contributed by atoms with Crippen molar-refractivity contribution in [2.75, 3.05) is 12.4 Å². The maximum atomic E-state index is 13.1. The molecule has 1 N–H and O–H groups in total. The van der Waals surface area contributed by atoms with Crippen LogP contribution in [0, 0.1) is 17.0 Å². The van der Waals surface area contributed by atoms with Crippen LogP contribution in [-0.2, 0) is 10.0 Å². The van der Waals surface area contributed by atoms with Gasteiger partial charge in [-0.3, -0.25) is 0 Å². The number of alkyl halides is 1. The summed E-state index contributed by atoms with van der Waals surface area (Å²) in [5, 5.41) is 0. The third-order valence-electron chi connectivity index (χ3n) is 2.93. The fourth-order valence-electron chi connectivity index (χ4n) is 1.65. The molecule has 0 aliphatic carbocycles. The third kappa shape index (κ3) is 5.00. The molecular formula is C13H18ClF2NO2S. The number of halogens is 3. The van der Waals surface area contributed by atoms with Crippen LogP contribution in [0.4, 0.5) is 8.78 Å². The van der Waals surface area contributed by atoms with Crippen LogP contribution in [0.1, 0.15) is 26.7 Å². The minimum atomic E-state index is -3.85. The zero-order valence-electron chi connectivity index (χ0n) is 11.4. The molecule has 0 spiro atoms. The molecule has 0 saturated carbocycles. The number of hydrogen-bond donors (Lipinski definition) is 1. The molecule has 0 aliphatic rings. The molecule has 0 heterocycles. The average Bonchev–Trinajstić information content (AvgIpc) is 2.37. The van der Waals surface area contributed by atoms with Gasteiger partial charge in [0.25, 0.3) is 0 Å². The van der Waals surface area contributed by atoms with Crippen molar-refractivity contribution >= 4 is 21.6 Å². The number of nitrogens with one attached hydrogen (secondary N) is 1. The van der Waals surface area contributed by atoms with Crippen molar-refractivity contribution in [2.24, 2.45) is 5.41 Å². The highest BCUT2D eigenvalue weighted by Crippen LogP contribution is 2.22. The normalized spacial score (nSPS) is 12.7.